The van der Waals surface area contributed by atoms with Crippen molar-refractivity contribution < 1.29 is 0 Å². The summed E-state index contributed by atoms with van der Waals surface area (Å²) in [6.07, 6.45) is 2.08. The summed E-state index contributed by atoms with van der Waals surface area (Å²) < 4.78 is 2.83. The van der Waals surface area contributed by atoms with Gasteiger partial charge in [-0.3, -0.25) is 4.57 Å². The molecule has 0 aromatic carbocycles. The number of hydrogen-bond donors (Lipinski definition) is 0. The topological polar surface area (TPSA) is 60.1 Å². The summed E-state index contributed by atoms with van der Waals surface area (Å²) in [5, 5.41) is 0. The van der Waals surface area contributed by atoms with Crippen molar-refractivity contribution in [3.05, 3.63) is 21.0 Å². The molecule has 1 fully saturated rings. The van der Waals surface area contributed by atoms with Crippen molar-refractivity contribution in [3.63, 3.8) is 0 Å². The summed E-state index contributed by atoms with van der Waals surface area (Å²) in [5.41, 5.74) is -0.697. The van der Waals surface area contributed by atoms with Gasteiger partial charge in [0.25, 0.3) is 0 Å². The van der Waals surface area contributed by atoms with Crippen molar-refractivity contribution in [1.82, 2.24) is 14.1 Å². The van der Waals surface area contributed by atoms with Gasteiger partial charge in [0, 0.05) is 27.2 Å². The molecule has 2 atom stereocenters. The Morgan fingerprint density at radius 3 is 2.10 bits per heavy atom. The second-order valence-corrected chi connectivity index (χ2v) is 6.82. The van der Waals surface area contributed by atoms with Crippen molar-refractivity contribution >= 4 is 5.95 Å². The molecule has 0 spiro atoms. The summed E-state index contributed by atoms with van der Waals surface area (Å²) in [4.78, 5) is 30.8. The first-order chi connectivity index (χ1) is 9.73. The van der Waals surface area contributed by atoms with Crippen LogP contribution in [0.1, 0.15) is 39.7 Å². The number of hydrogen-bond acceptors (Lipinski definition) is 4. The normalized spacial score (nSPS) is 29.4. The van der Waals surface area contributed by atoms with Gasteiger partial charge in [-0.05, 0) is 30.6 Å². The second-order valence-electron chi connectivity index (χ2n) is 6.82. The highest BCUT2D eigenvalue weighted by atomic mass is 16.2. The summed E-state index contributed by atoms with van der Waals surface area (Å²) in [5.74, 6) is 1.65. The van der Waals surface area contributed by atoms with Crippen molar-refractivity contribution in [2.45, 2.75) is 39.7 Å². The van der Waals surface area contributed by atoms with E-state index in [1.54, 1.807) is 26.0 Å². The average molecular weight is 294 g/mol. The van der Waals surface area contributed by atoms with Gasteiger partial charge in [-0.25, -0.2) is 14.2 Å². The van der Waals surface area contributed by atoms with Gasteiger partial charge in [-0.15, -0.1) is 0 Å². The lowest BCUT2D eigenvalue weighted by molar-refractivity contribution is 0.132. The van der Waals surface area contributed by atoms with E-state index in [9.17, 15) is 9.59 Å². The Morgan fingerprint density at radius 1 is 1.10 bits per heavy atom. The molecule has 21 heavy (non-hydrogen) atoms. The van der Waals surface area contributed by atoms with Gasteiger partial charge in [-0.2, -0.15) is 4.98 Å². The summed E-state index contributed by atoms with van der Waals surface area (Å²) >= 11 is 0. The van der Waals surface area contributed by atoms with Crippen molar-refractivity contribution in [3.8, 4) is 0 Å². The molecule has 1 aromatic heterocycles. The van der Waals surface area contributed by atoms with Crippen molar-refractivity contribution in [2.24, 2.45) is 24.8 Å². The van der Waals surface area contributed by atoms with Gasteiger partial charge in [-0.1, -0.05) is 20.8 Å². The zero-order valence-electron chi connectivity index (χ0n) is 13.8. The molecule has 1 aliphatic rings. The highest BCUT2D eigenvalue weighted by Gasteiger charge is 2.35. The number of rotatable bonds is 2. The quantitative estimate of drug-likeness (QED) is 0.823. The molecule has 1 saturated carbocycles. The van der Waals surface area contributed by atoms with Crippen LogP contribution < -0.4 is 16.3 Å². The fraction of sp³-hybridized carbons (Fsp3) is 0.800. The highest BCUT2D eigenvalue weighted by Crippen LogP contribution is 2.39. The molecule has 0 radical (unpaired) electrons. The average Bonchev–Trinajstić information content (AvgIpc) is 2.36. The first-order valence-electron chi connectivity index (χ1n) is 7.61. The van der Waals surface area contributed by atoms with Crippen molar-refractivity contribution in [1.29, 1.82) is 0 Å². The Labute approximate surface area is 125 Å². The molecule has 0 N–H and O–H groups in total. The van der Waals surface area contributed by atoms with Gasteiger partial charge < -0.3 is 4.90 Å². The number of nitrogens with zero attached hydrogens (tertiary/aromatic N) is 4. The first kappa shape index (κ1) is 15.8. The summed E-state index contributed by atoms with van der Waals surface area (Å²) in [6.45, 7) is 6.49. The molecular weight excluding hydrogens is 268 g/mol. The van der Waals surface area contributed by atoms with E-state index in [4.69, 9.17) is 0 Å². The van der Waals surface area contributed by atoms with Gasteiger partial charge >= 0.3 is 11.4 Å². The minimum atomic E-state index is -0.431. The molecule has 6 nitrogen and oxygen atoms in total. The minimum absolute atomic E-state index is 0.0592. The van der Waals surface area contributed by atoms with E-state index in [1.165, 1.54) is 9.13 Å². The summed E-state index contributed by atoms with van der Waals surface area (Å²) in [7, 11) is 5.22. The van der Waals surface area contributed by atoms with E-state index in [1.807, 2.05) is 0 Å². The second kappa shape index (κ2) is 5.66. The molecule has 2 unspecified atom stereocenters. The lowest BCUT2D eigenvalue weighted by atomic mass is 9.73. The molecule has 1 aliphatic carbocycles. The molecule has 118 valence electrons. The molecule has 0 saturated heterocycles. The predicted molar refractivity (Wildman–Crippen MR) is 83.8 cm³/mol. The van der Waals surface area contributed by atoms with Gasteiger partial charge in [0.05, 0.1) is 0 Å². The highest BCUT2D eigenvalue weighted by molar-refractivity contribution is 5.25. The lowest BCUT2D eigenvalue weighted by Crippen LogP contribution is -2.49. The maximum absolute atomic E-state index is 12.6. The van der Waals surface area contributed by atoms with Crippen LogP contribution in [0.3, 0.4) is 0 Å². The van der Waals surface area contributed by atoms with Crippen LogP contribution in [0.4, 0.5) is 5.95 Å². The fourth-order valence-electron chi connectivity index (χ4n) is 3.91. The van der Waals surface area contributed by atoms with Gasteiger partial charge in [0.1, 0.15) is 0 Å². The van der Waals surface area contributed by atoms with E-state index in [2.05, 4.69) is 25.8 Å². The standard InChI is InChI=1S/C15H26N4O2/c1-9-7-10(2)12(11(3)8-9)19-14(20)16-13(17(4)5)18(6)15(19)21/h9-12H,7-8H2,1-6H3. The van der Waals surface area contributed by atoms with Crippen LogP contribution in [-0.2, 0) is 7.05 Å². The predicted octanol–water partition coefficient (Wildman–Crippen LogP) is 1.25. The van der Waals surface area contributed by atoms with Crippen LogP contribution in [0, 0.1) is 17.8 Å². The lowest BCUT2D eigenvalue weighted by Gasteiger charge is -2.38. The van der Waals surface area contributed by atoms with E-state index >= 15 is 0 Å². The molecule has 1 heterocycles. The van der Waals surface area contributed by atoms with Gasteiger partial charge in [0.15, 0.2) is 0 Å². The van der Waals surface area contributed by atoms with Crippen LogP contribution in [0.5, 0.6) is 0 Å². The third kappa shape index (κ3) is 2.76. The monoisotopic (exact) mass is 294 g/mol. The number of anilines is 1. The van der Waals surface area contributed by atoms with E-state index < -0.39 is 5.69 Å². The largest absolute Gasteiger partial charge is 0.355 e. The van der Waals surface area contributed by atoms with Gasteiger partial charge in [0.2, 0.25) is 5.95 Å². The van der Waals surface area contributed by atoms with Crippen LogP contribution in [0.15, 0.2) is 9.59 Å². The maximum atomic E-state index is 12.6. The maximum Gasteiger partial charge on any atom is 0.355 e. The SMILES string of the molecule is CC1CC(C)C(n2c(=O)nc(N(C)C)n(C)c2=O)C(C)C1. The molecule has 2 rings (SSSR count). The Hall–Kier alpha value is -1.59. The third-order valence-corrected chi connectivity index (χ3v) is 4.61. The summed E-state index contributed by atoms with van der Waals surface area (Å²) in [6, 6.07) is -0.0592. The minimum Gasteiger partial charge on any atom is -0.348 e. The zero-order valence-corrected chi connectivity index (χ0v) is 13.8. The van der Waals surface area contributed by atoms with Crippen LogP contribution >= 0.6 is 0 Å². The molecule has 0 amide bonds. The van der Waals surface area contributed by atoms with Crippen LogP contribution in [-0.4, -0.2) is 28.2 Å². The van der Waals surface area contributed by atoms with E-state index in [-0.39, 0.29) is 11.7 Å². The fourth-order valence-corrected chi connectivity index (χ4v) is 3.91. The molecule has 1 aromatic rings. The Kier molecular flexibility index (Phi) is 4.25. The Morgan fingerprint density at radius 2 is 1.62 bits per heavy atom. The molecule has 6 heteroatoms. The third-order valence-electron chi connectivity index (χ3n) is 4.61. The molecule has 0 bridgehead atoms. The van der Waals surface area contributed by atoms with E-state index in [0.29, 0.717) is 23.7 Å². The Bertz CT molecular complexity index is 620. The zero-order chi connectivity index (χ0) is 15.9. The molecular formula is C15H26N4O2. The van der Waals surface area contributed by atoms with Crippen molar-refractivity contribution in [2.75, 3.05) is 19.0 Å². The molecule has 0 aliphatic heterocycles. The Balaban J connectivity index is 2.57. The first-order valence-corrected chi connectivity index (χ1v) is 7.61. The van der Waals surface area contributed by atoms with E-state index in [0.717, 1.165) is 12.8 Å². The van der Waals surface area contributed by atoms with Crippen LogP contribution in [0.2, 0.25) is 0 Å². The van der Waals surface area contributed by atoms with Crippen LogP contribution in [0.25, 0.3) is 0 Å². The number of aromatic nitrogens is 3. The smallest absolute Gasteiger partial charge is 0.348 e.